The van der Waals surface area contributed by atoms with Crippen molar-refractivity contribution < 1.29 is 4.79 Å². The Bertz CT molecular complexity index is 1080. The largest absolute Gasteiger partial charge is 0.353 e. The van der Waals surface area contributed by atoms with Crippen molar-refractivity contribution in [2.24, 2.45) is 0 Å². The van der Waals surface area contributed by atoms with E-state index in [1.54, 1.807) is 36.4 Å². The van der Waals surface area contributed by atoms with Crippen LogP contribution in [0.5, 0.6) is 0 Å². The Kier molecular flexibility index (Phi) is 7.28. The molecule has 4 nitrogen and oxygen atoms in total. The number of dihydropyridines is 1. The maximum absolute atomic E-state index is 13.3. The molecule has 1 atom stereocenters. The van der Waals surface area contributed by atoms with E-state index in [1.165, 1.54) is 11.8 Å². The first kappa shape index (κ1) is 22.0. The summed E-state index contributed by atoms with van der Waals surface area (Å²) in [5.74, 6) is -0.278. The number of hydrogen-bond donors (Lipinski definition) is 2. The number of rotatable bonds is 6. The van der Waals surface area contributed by atoms with Gasteiger partial charge in [0.25, 0.3) is 5.91 Å². The molecule has 0 aromatic heterocycles. The molecule has 0 aliphatic carbocycles. The SMILES string of the molecule is C=CCSC1=C(C#N)[C@@H](c2ccccc2Cl)C(C(=O)Nc2ccc(Cl)cc2)=C(C)N1. The fourth-order valence-corrected chi connectivity index (χ4v) is 4.42. The second-order valence-electron chi connectivity index (χ2n) is 6.53. The number of nitrogens with zero attached hydrogens (tertiary/aromatic N) is 1. The number of anilines is 1. The molecule has 2 aromatic carbocycles. The molecule has 3 rings (SSSR count). The van der Waals surface area contributed by atoms with E-state index < -0.39 is 5.92 Å². The molecular weight excluding hydrogens is 437 g/mol. The van der Waals surface area contributed by atoms with Crippen LogP contribution in [-0.4, -0.2) is 11.7 Å². The standard InChI is InChI=1S/C23H19Cl2N3OS/c1-3-12-30-23-18(13-26)21(17-6-4-5-7-19(17)25)20(14(2)27-23)22(29)28-16-10-8-15(24)9-11-16/h3-11,21,27H,1,12H2,2H3,(H,28,29)/t21-/m1/s1. The van der Waals surface area contributed by atoms with Crippen molar-refractivity contribution in [1.82, 2.24) is 5.32 Å². The summed E-state index contributed by atoms with van der Waals surface area (Å²) in [6.45, 7) is 5.56. The molecular formula is C23H19Cl2N3OS. The van der Waals surface area contributed by atoms with Crippen LogP contribution in [0.25, 0.3) is 0 Å². The van der Waals surface area contributed by atoms with Crippen LogP contribution in [0, 0.1) is 11.3 Å². The molecule has 0 saturated carbocycles. The first-order valence-electron chi connectivity index (χ1n) is 9.13. The molecule has 1 aliphatic rings. The van der Waals surface area contributed by atoms with Gasteiger partial charge in [0.2, 0.25) is 0 Å². The Balaban J connectivity index is 2.08. The van der Waals surface area contributed by atoms with Crippen molar-refractivity contribution in [1.29, 1.82) is 5.26 Å². The Morgan fingerprint density at radius 1 is 1.27 bits per heavy atom. The van der Waals surface area contributed by atoms with Crippen LogP contribution < -0.4 is 10.6 Å². The molecule has 0 unspecified atom stereocenters. The van der Waals surface area contributed by atoms with E-state index in [2.05, 4.69) is 23.3 Å². The molecule has 30 heavy (non-hydrogen) atoms. The van der Waals surface area contributed by atoms with E-state index in [1.807, 2.05) is 25.1 Å². The zero-order chi connectivity index (χ0) is 21.7. The molecule has 0 bridgehead atoms. The molecule has 2 N–H and O–H groups in total. The summed E-state index contributed by atoms with van der Waals surface area (Å²) in [5, 5.41) is 17.9. The van der Waals surface area contributed by atoms with Gasteiger partial charge < -0.3 is 10.6 Å². The van der Waals surface area contributed by atoms with Crippen LogP contribution >= 0.6 is 35.0 Å². The Morgan fingerprint density at radius 2 is 1.97 bits per heavy atom. The van der Waals surface area contributed by atoms with E-state index >= 15 is 0 Å². The smallest absolute Gasteiger partial charge is 0.254 e. The fourth-order valence-electron chi connectivity index (χ4n) is 3.22. The molecule has 0 fully saturated rings. The monoisotopic (exact) mass is 455 g/mol. The van der Waals surface area contributed by atoms with Gasteiger partial charge in [-0.1, -0.05) is 47.5 Å². The highest BCUT2D eigenvalue weighted by molar-refractivity contribution is 8.03. The molecule has 7 heteroatoms. The minimum atomic E-state index is -0.593. The highest BCUT2D eigenvalue weighted by Gasteiger charge is 2.35. The Labute approximate surface area is 190 Å². The number of benzene rings is 2. The van der Waals surface area contributed by atoms with Crippen molar-refractivity contribution in [3.05, 3.63) is 98.7 Å². The Hall–Kier alpha value is -2.65. The summed E-state index contributed by atoms with van der Waals surface area (Å²) in [6, 6.07) is 16.4. The third-order valence-electron chi connectivity index (χ3n) is 4.56. The van der Waals surface area contributed by atoms with Gasteiger partial charge >= 0.3 is 0 Å². The van der Waals surface area contributed by atoms with Crippen LogP contribution in [0.1, 0.15) is 18.4 Å². The van der Waals surface area contributed by atoms with Gasteiger partial charge in [-0.15, -0.1) is 18.3 Å². The van der Waals surface area contributed by atoms with E-state index in [-0.39, 0.29) is 5.91 Å². The number of hydrogen-bond acceptors (Lipinski definition) is 4. The predicted octanol–water partition coefficient (Wildman–Crippen LogP) is 6.25. The van der Waals surface area contributed by atoms with Crippen molar-refractivity contribution in [3.8, 4) is 6.07 Å². The quantitative estimate of drug-likeness (QED) is 0.505. The summed E-state index contributed by atoms with van der Waals surface area (Å²) in [7, 11) is 0. The first-order valence-corrected chi connectivity index (χ1v) is 10.9. The predicted molar refractivity (Wildman–Crippen MR) is 125 cm³/mol. The summed E-state index contributed by atoms with van der Waals surface area (Å²) in [5.41, 5.74) is 2.86. The van der Waals surface area contributed by atoms with Gasteiger partial charge in [0.1, 0.15) is 0 Å². The molecule has 0 radical (unpaired) electrons. The lowest BCUT2D eigenvalue weighted by atomic mass is 9.82. The molecule has 152 valence electrons. The van der Waals surface area contributed by atoms with Crippen molar-refractivity contribution in [2.45, 2.75) is 12.8 Å². The third kappa shape index (κ3) is 4.73. The summed E-state index contributed by atoms with van der Waals surface area (Å²) in [4.78, 5) is 13.3. The topological polar surface area (TPSA) is 64.9 Å². The normalized spacial score (nSPS) is 16.0. The zero-order valence-electron chi connectivity index (χ0n) is 16.2. The molecule has 0 saturated heterocycles. The number of carbonyl (C=O) groups excluding carboxylic acids is 1. The molecule has 1 heterocycles. The van der Waals surface area contributed by atoms with Gasteiger partial charge in [-0.05, 0) is 42.8 Å². The highest BCUT2D eigenvalue weighted by atomic mass is 35.5. The van der Waals surface area contributed by atoms with Crippen LogP contribution in [0.2, 0.25) is 10.0 Å². The van der Waals surface area contributed by atoms with Gasteiger partial charge in [-0.25, -0.2) is 0 Å². The third-order valence-corrected chi connectivity index (χ3v) is 6.17. The maximum atomic E-state index is 13.3. The van der Waals surface area contributed by atoms with Crippen LogP contribution in [0.4, 0.5) is 5.69 Å². The van der Waals surface area contributed by atoms with Gasteiger partial charge in [-0.2, -0.15) is 5.26 Å². The molecule has 2 aromatic rings. The van der Waals surface area contributed by atoms with Crippen LogP contribution in [0.3, 0.4) is 0 Å². The average Bonchev–Trinajstić information content (AvgIpc) is 2.73. The number of halogens is 2. The Morgan fingerprint density at radius 3 is 2.60 bits per heavy atom. The lowest BCUT2D eigenvalue weighted by Crippen LogP contribution is -2.30. The van der Waals surface area contributed by atoms with E-state index in [0.29, 0.717) is 48.9 Å². The number of amides is 1. The number of carbonyl (C=O) groups is 1. The lowest BCUT2D eigenvalue weighted by Gasteiger charge is -2.30. The van der Waals surface area contributed by atoms with Crippen molar-refractivity contribution in [3.63, 3.8) is 0 Å². The second-order valence-corrected chi connectivity index (χ2v) is 8.41. The summed E-state index contributed by atoms with van der Waals surface area (Å²) in [6.07, 6.45) is 1.76. The second kappa shape index (κ2) is 9.90. The molecule has 1 aliphatic heterocycles. The van der Waals surface area contributed by atoms with Gasteiger partial charge in [-0.3, -0.25) is 4.79 Å². The fraction of sp³-hybridized carbons (Fsp3) is 0.130. The molecule has 0 spiro atoms. The number of thioether (sulfide) groups is 1. The van der Waals surface area contributed by atoms with Crippen molar-refractivity contribution in [2.75, 3.05) is 11.1 Å². The minimum Gasteiger partial charge on any atom is -0.353 e. The highest BCUT2D eigenvalue weighted by Crippen LogP contribution is 2.43. The maximum Gasteiger partial charge on any atom is 0.254 e. The van der Waals surface area contributed by atoms with E-state index in [4.69, 9.17) is 23.2 Å². The minimum absolute atomic E-state index is 0.312. The van der Waals surface area contributed by atoms with Crippen LogP contribution in [-0.2, 0) is 4.79 Å². The molecule has 1 amide bonds. The average molecular weight is 456 g/mol. The lowest BCUT2D eigenvalue weighted by molar-refractivity contribution is -0.113. The number of nitrogens with one attached hydrogen (secondary N) is 2. The first-order chi connectivity index (χ1) is 14.5. The van der Waals surface area contributed by atoms with Gasteiger partial charge in [0, 0.05) is 32.8 Å². The summed E-state index contributed by atoms with van der Waals surface area (Å²) < 4.78 is 0. The number of nitriles is 1. The van der Waals surface area contributed by atoms with Crippen LogP contribution in [0.15, 0.2) is 83.1 Å². The van der Waals surface area contributed by atoms with E-state index in [0.717, 1.165) is 0 Å². The summed E-state index contributed by atoms with van der Waals surface area (Å²) >= 11 is 13.9. The number of allylic oxidation sites excluding steroid dienone is 2. The van der Waals surface area contributed by atoms with Gasteiger partial charge in [0.05, 0.1) is 22.6 Å². The van der Waals surface area contributed by atoms with E-state index in [9.17, 15) is 10.1 Å². The zero-order valence-corrected chi connectivity index (χ0v) is 18.5. The van der Waals surface area contributed by atoms with Crippen molar-refractivity contribution >= 4 is 46.6 Å². The van der Waals surface area contributed by atoms with Gasteiger partial charge in [0.15, 0.2) is 0 Å².